The second-order valence-corrected chi connectivity index (χ2v) is 16.2. The van der Waals surface area contributed by atoms with E-state index < -0.39 is 5.60 Å². The van der Waals surface area contributed by atoms with Gasteiger partial charge in [-0.3, -0.25) is 24.2 Å². The number of fused-ring (bicyclic) bond motifs is 6. The van der Waals surface area contributed by atoms with Crippen LogP contribution in [-0.2, 0) is 23.9 Å². The molecule has 6 bridgehead atoms. The third kappa shape index (κ3) is 17.5. The minimum Gasteiger partial charge on any atom is -0.444 e. The van der Waals surface area contributed by atoms with Gasteiger partial charge < -0.3 is 29.9 Å². The van der Waals surface area contributed by atoms with Gasteiger partial charge >= 0.3 is 12.2 Å². The van der Waals surface area contributed by atoms with Gasteiger partial charge in [0.05, 0.1) is 12.1 Å². The van der Waals surface area contributed by atoms with Crippen LogP contribution in [0.4, 0.5) is 9.59 Å². The second kappa shape index (κ2) is 24.0. The van der Waals surface area contributed by atoms with Gasteiger partial charge in [0.2, 0.25) is 17.1 Å². The second-order valence-electron chi connectivity index (χ2n) is 15.7. The predicted molar refractivity (Wildman–Crippen MR) is 198 cm³/mol. The molecule has 6 unspecified atom stereocenters. The third-order valence-corrected chi connectivity index (χ3v) is 9.18. The summed E-state index contributed by atoms with van der Waals surface area (Å²) in [5.74, 6) is 0.319. The summed E-state index contributed by atoms with van der Waals surface area (Å²) in [7, 11) is 0. The van der Waals surface area contributed by atoms with E-state index in [1.165, 1.54) is 19.8 Å². The fraction of sp³-hybridized carbons (Fsp3) is 0.853. The minimum atomic E-state index is -0.464. The zero-order valence-corrected chi connectivity index (χ0v) is 43.0. The molecule has 0 aromatic heterocycles. The summed E-state index contributed by atoms with van der Waals surface area (Å²) >= 11 is 4.64. The summed E-state index contributed by atoms with van der Waals surface area (Å²) in [6.07, 6.45) is 6.26. The Labute approximate surface area is 375 Å². The average Bonchev–Trinajstić information content (AvgIpc) is 3.52. The first-order valence-electron chi connectivity index (χ1n) is 17.4. The number of nitrogens with one attached hydrogen (secondary N) is 2. The van der Waals surface area contributed by atoms with E-state index in [2.05, 4.69) is 22.2 Å². The van der Waals surface area contributed by atoms with Crippen LogP contribution in [0, 0.1) is 62.2 Å². The molecule has 0 radical (unpaired) electrons. The Morgan fingerprint density at radius 2 is 0.885 bits per heavy atom. The van der Waals surface area contributed by atoms with Gasteiger partial charge in [0.15, 0.2) is 0 Å². The number of carbonyl (C=O) groups excluding carboxylic acids is 5. The van der Waals surface area contributed by atoms with Crippen LogP contribution in [-0.4, -0.2) is 136 Å². The summed E-state index contributed by atoms with van der Waals surface area (Å²) < 4.78 is 10.9. The maximum Gasteiger partial charge on any atom is 0.410 e. The van der Waals surface area contributed by atoms with Crippen molar-refractivity contribution in [2.75, 3.05) is 39.3 Å². The molecule has 52 heavy (non-hydrogen) atoms. The van der Waals surface area contributed by atoms with E-state index in [0.29, 0.717) is 37.3 Å². The van der Waals surface area contributed by atoms with Crippen molar-refractivity contribution in [2.24, 2.45) is 0 Å². The van der Waals surface area contributed by atoms with E-state index in [9.17, 15) is 24.0 Å². The number of hydrogen-bond acceptors (Lipinski definition) is 9. The molecule has 6 aliphatic rings. The zero-order valence-electron chi connectivity index (χ0n) is 32.3. The van der Waals surface area contributed by atoms with Gasteiger partial charge in [0.25, 0.3) is 0 Å². The van der Waals surface area contributed by atoms with E-state index in [-0.39, 0.29) is 134 Å². The van der Waals surface area contributed by atoms with Crippen molar-refractivity contribution in [3.63, 3.8) is 0 Å². The first-order chi connectivity index (χ1) is 22.2. The van der Waals surface area contributed by atoms with E-state index in [0.717, 1.165) is 51.9 Å². The SMILES string of the molecule is CC(=O)Cl.CC(=O)N1CC2CCC(C1)N2.CC(=O)N1CC2CCC(C1)N2C(=O)OC(C)(C)C.CC(C)(C)OC(=O)N1C2CCC1CNC2.Cl.Cl.[U].[U]. The molecule has 6 atom stereocenters. The number of halogens is 3. The molecule has 0 aliphatic carbocycles. The van der Waals surface area contributed by atoms with Crippen molar-refractivity contribution in [3.05, 3.63) is 0 Å². The van der Waals surface area contributed by atoms with Crippen molar-refractivity contribution in [1.29, 1.82) is 0 Å². The molecule has 6 aliphatic heterocycles. The average molecular weight is 1250 g/mol. The number of piperazine rings is 3. The molecule has 13 nitrogen and oxygen atoms in total. The molecule has 0 aromatic carbocycles. The maximum absolute atomic E-state index is 12.2. The molecule has 0 spiro atoms. The van der Waals surface area contributed by atoms with Gasteiger partial charge in [0, 0.05) is 146 Å². The molecular formula is C34H61Cl3N6O7U2. The van der Waals surface area contributed by atoms with Gasteiger partial charge in [0.1, 0.15) is 11.2 Å². The molecular weight excluding hydrogens is 1190 g/mol. The molecule has 0 saturated carbocycles. The van der Waals surface area contributed by atoms with Crippen LogP contribution in [0.2, 0.25) is 0 Å². The fourth-order valence-corrected chi connectivity index (χ4v) is 7.22. The first kappa shape index (κ1) is 54.1. The quantitative estimate of drug-likeness (QED) is 0.335. The maximum atomic E-state index is 12.2. The Morgan fingerprint density at radius 1 is 0.577 bits per heavy atom. The van der Waals surface area contributed by atoms with Crippen LogP contribution in [0.25, 0.3) is 0 Å². The molecule has 18 heteroatoms. The number of likely N-dealkylation sites (tertiary alicyclic amines) is 2. The molecule has 298 valence electrons. The Bertz CT molecular complexity index is 1130. The van der Waals surface area contributed by atoms with Gasteiger partial charge in [-0.1, -0.05) is 0 Å². The molecule has 0 aromatic rings. The van der Waals surface area contributed by atoms with Crippen molar-refractivity contribution >= 4 is 65.7 Å². The van der Waals surface area contributed by atoms with Crippen molar-refractivity contribution in [1.82, 2.24) is 30.2 Å². The van der Waals surface area contributed by atoms with Crippen LogP contribution in [0.15, 0.2) is 0 Å². The van der Waals surface area contributed by atoms with Crippen molar-refractivity contribution in [2.45, 2.75) is 148 Å². The standard InChI is InChI=1S/C13H22N2O3.C11H20N2O2.C8H14N2O.C2H3ClO.2ClH.2U/c1-9(16)14-7-10-5-6-11(8-14)15(10)12(17)18-13(2,3)4;1-11(2,3)15-10(14)13-8-4-5-9(13)7-12-6-8;1-6(11)10-4-7-2-3-8(5-10)9-7;1-2(3)4;;;;/h10-11H,5-8H2,1-4H3;8-9,12H,4-7H2,1-3H3;7-9H,2-5H2,1H3;1H3;2*1H;;. The van der Waals surface area contributed by atoms with E-state index >= 15 is 0 Å². The fourth-order valence-electron chi connectivity index (χ4n) is 7.22. The largest absolute Gasteiger partial charge is 0.444 e. The van der Waals surface area contributed by atoms with E-state index in [1.54, 1.807) is 13.8 Å². The van der Waals surface area contributed by atoms with Gasteiger partial charge in [-0.2, -0.15) is 0 Å². The van der Waals surface area contributed by atoms with E-state index in [1.807, 2.05) is 61.1 Å². The molecule has 6 saturated heterocycles. The Kier molecular flexibility index (Phi) is 24.9. The third-order valence-electron chi connectivity index (χ3n) is 9.18. The minimum absolute atomic E-state index is 0. The Morgan fingerprint density at radius 3 is 1.21 bits per heavy atom. The number of rotatable bonds is 0. The van der Waals surface area contributed by atoms with Crippen LogP contribution >= 0.6 is 36.4 Å². The summed E-state index contributed by atoms with van der Waals surface area (Å²) in [4.78, 5) is 63.3. The number of hydrogen-bond donors (Lipinski definition) is 2. The first-order valence-corrected chi connectivity index (χ1v) is 17.8. The number of ether oxygens (including phenoxy) is 2. The zero-order chi connectivity index (χ0) is 36.0. The molecule has 6 rings (SSSR count). The number of carbonyl (C=O) groups is 5. The van der Waals surface area contributed by atoms with Crippen molar-refractivity contribution < 1.29 is 95.7 Å². The molecule has 6 fully saturated rings. The topological polar surface area (TPSA) is 141 Å². The Hall–Kier alpha value is 0.0439. The van der Waals surface area contributed by atoms with Gasteiger partial charge in [-0.05, 0) is 91.7 Å². The normalized spacial score (nSPS) is 26.3. The number of amides is 4. The van der Waals surface area contributed by atoms with E-state index in [4.69, 9.17) is 9.47 Å². The summed E-state index contributed by atoms with van der Waals surface area (Å²) in [6.45, 7) is 20.9. The van der Waals surface area contributed by atoms with Gasteiger partial charge in [-0.15, -0.1) is 24.8 Å². The van der Waals surface area contributed by atoms with Crippen LogP contribution in [0.1, 0.15) is 101 Å². The van der Waals surface area contributed by atoms with Crippen molar-refractivity contribution in [3.8, 4) is 0 Å². The Balaban J connectivity index is 0. The summed E-state index contributed by atoms with van der Waals surface area (Å²) in [5.41, 5.74) is -0.852. The molecule has 6 heterocycles. The van der Waals surface area contributed by atoms with Crippen LogP contribution < -0.4 is 10.6 Å². The predicted octanol–water partition coefficient (Wildman–Crippen LogP) is 4.56. The summed E-state index contributed by atoms with van der Waals surface area (Å²) in [5, 5.41) is 6.47. The smallest absolute Gasteiger partial charge is 0.410 e. The number of nitrogens with zero attached hydrogens (tertiary/aromatic N) is 4. The monoisotopic (exact) mass is 1250 g/mol. The van der Waals surface area contributed by atoms with Crippen LogP contribution in [0.3, 0.4) is 0 Å². The molecule has 2 N–H and O–H groups in total. The summed E-state index contributed by atoms with van der Waals surface area (Å²) in [6, 6.07) is 2.11. The van der Waals surface area contributed by atoms with Crippen LogP contribution in [0.5, 0.6) is 0 Å². The molecule has 4 amide bonds. The van der Waals surface area contributed by atoms with Gasteiger partial charge in [-0.25, -0.2) is 9.59 Å².